The molecule has 0 radical (unpaired) electrons. The van der Waals surface area contributed by atoms with Crippen LogP contribution in [0.3, 0.4) is 0 Å². The zero-order valence-corrected chi connectivity index (χ0v) is 15.1. The number of aliphatic hydroxyl groups is 1. The zero-order valence-electron chi connectivity index (χ0n) is 13.6. The third-order valence-corrected chi connectivity index (χ3v) is 5.16. The number of amides is 1. The van der Waals surface area contributed by atoms with Gasteiger partial charge in [0.25, 0.3) is 0 Å². The lowest BCUT2D eigenvalue weighted by Gasteiger charge is -2.21. The van der Waals surface area contributed by atoms with Gasteiger partial charge in [0.1, 0.15) is 5.92 Å². The number of nitrogens with one attached hydrogen (secondary N) is 1. The summed E-state index contributed by atoms with van der Waals surface area (Å²) in [4.78, 5) is 25.2. The molecule has 0 spiro atoms. The Bertz CT molecular complexity index is 835. The summed E-state index contributed by atoms with van der Waals surface area (Å²) in [5.74, 6) is -1.64. The molecule has 4 nitrogen and oxygen atoms in total. The Morgan fingerprint density at radius 2 is 1.72 bits per heavy atom. The summed E-state index contributed by atoms with van der Waals surface area (Å²) in [7, 11) is 0. The smallest absolute Gasteiger partial charge is 0.236 e. The minimum atomic E-state index is -1.07. The largest absolute Gasteiger partial charge is 0.396 e. The molecule has 1 fully saturated rings. The van der Waals surface area contributed by atoms with Crippen LogP contribution in [0.15, 0.2) is 42.5 Å². The third kappa shape index (κ3) is 3.30. The SMILES string of the molecule is CC1(CCO)NC(=O)C(c2cc(-c3ccc(Cl)cc3)ccc2Cl)C1=O. The molecule has 2 atom stereocenters. The highest BCUT2D eigenvalue weighted by Crippen LogP contribution is 2.37. The Morgan fingerprint density at radius 3 is 2.36 bits per heavy atom. The first kappa shape index (κ1) is 17.9. The lowest BCUT2D eigenvalue weighted by Crippen LogP contribution is -2.44. The number of rotatable bonds is 4. The highest BCUT2D eigenvalue weighted by Gasteiger charge is 2.50. The maximum Gasteiger partial charge on any atom is 0.236 e. The predicted molar refractivity (Wildman–Crippen MR) is 97.9 cm³/mol. The molecule has 2 aromatic rings. The van der Waals surface area contributed by atoms with E-state index in [2.05, 4.69) is 5.32 Å². The van der Waals surface area contributed by atoms with Crippen molar-refractivity contribution in [1.29, 1.82) is 0 Å². The van der Waals surface area contributed by atoms with Crippen LogP contribution in [0.2, 0.25) is 10.0 Å². The number of hydrogen-bond acceptors (Lipinski definition) is 3. The second-order valence-corrected chi connectivity index (χ2v) is 7.18. The molecule has 1 amide bonds. The highest BCUT2D eigenvalue weighted by molar-refractivity contribution is 6.33. The van der Waals surface area contributed by atoms with Crippen LogP contribution in [0.1, 0.15) is 24.8 Å². The number of carbonyl (C=O) groups excluding carboxylic acids is 2. The van der Waals surface area contributed by atoms with Crippen molar-refractivity contribution >= 4 is 34.9 Å². The van der Waals surface area contributed by atoms with E-state index < -0.39 is 17.4 Å². The fraction of sp³-hybridized carbons (Fsp3) is 0.263. The Labute approximate surface area is 155 Å². The van der Waals surface area contributed by atoms with E-state index in [4.69, 9.17) is 23.2 Å². The maximum absolute atomic E-state index is 12.8. The Morgan fingerprint density at radius 1 is 1.08 bits per heavy atom. The number of Topliss-reactive ketones (excluding diaryl/α,β-unsaturated/α-hetero) is 1. The van der Waals surface area contributed by atoms with Gasteiger partial charge in [0.05, 0.1) is 5.54 Å². The molecular formula is C19H17Cl2NO3. The van der Waals surface area contributed by atoms with Crippen molar-refractivity contribution in [1.82, 2.24) is 5.32 Å². The molecule has 2 N–H and O–H groups in total. The van der Waals surface area contributed by atoms with E-state index in [1.54, 1.807) is 31.2 Å². The van der Waals surface area contributed by atoms with E-state index in [1.165, 1.54) is 0 Å². The van der Waals surface area contributed by atoms with Gasteiger partial charge in [-0.2, -0.15) is 0 Å². The summed E-state index contributed by atoms with van der Waals surface area (Å²) in [5, 5.41) is 12.9. The third-order valence-electron chi connectivity index (χ3n) is 4.56. The van der Waals surface area contributed by atoms with Crippen molar-refractivity contribution in [3.63, 3.8) is 0 Å². The van der Waals surface area contributed by atoms with Crippen molar-refractivity contribution in [2.24, 2.45) is 0 Å². The molecule has 0 saturated carbocycles. The van der Waals surface area contributed by atoms with Gasteiger partial charge in [-0.05, 0) is 47.9 Å². The van der Waals surface area contributed by atoms with E-state index >= 15 is 0 Å². The van der Waals surface area contributed by atoms with E-state index in [9.17, 15) is 14.7 Å². The van der Waals surface area contributed by atoms with E-state index in [0.717, 1.165) is 11.1 Å². The molecule has 1 aliphatic heterocycles. The van der Waals surface area contributed by atoms with Crippen molar-refractivity contribution < 1.29 is 14.7 Å². The van der Waals surface area contributed by atoms with Gasteiger partial charge < -0.3 is 10.4 Å². The zero-order chi connectivity index (χ0) is 18.2. The van der Waals surface area contributed by atoms with Gasteiger partial charge in [-0.25, -0.2) is 0 Å². The lowest BCUT2D eigenvalue weighted by atomic mass is 9.85. The molecule has 0 aliphatic carbocycles. The van der Waals surface area contributed by atoms with Crippen LogP contribution in [-0.4, -0.2) is 28.9 Å². The molecule has 0 bridgehead atoms. The number of halogens is 2. The number of hydrogen-bond donors (Lipinski definition) is 2. The lowest BCUT2D eigenvalue weighted by molar-refractivity contribution is -0.125. The average molecular weight is 378 g/mol. The summed E-state index contributed by atoms with van der Waals surface area (Å²) in [6.07, 6.45) is 0.169. The number of benzene rings is 2. The van der Waals surface area contributed by atoms with Gasteiger partial charge in [0.2, 0.25) is 5.91 Å². The molecule has 2 aromatic carbocycles. The van der Waals surface area contributed by atoms with Gasteiger partial charge in [-0.1, -0.05) is 41.4 Å². The number of carbonyl (C=O) groups is 2. The molecular weight excluding hydrogens is 361 g/mol. The first-order valence-corrected chi connectivity index (χ1v) is 8.64. The summed E-state index contributed by atoms with van der Waals surface area (Å²) in [6.45, 7) is 1.44. The fourth-order valence-corrected chi connectivity index (χ4v) is 3.47. The quantitative estimate of drug-likeness (QED) is 0.800. The summed E-state index contributed by atoms with van der Waals surface area (Å²) >= 11 is 12.2. The van der Waals surface area contributed by atoms with Crippen LogP contribution in [0.25, 0.3) is 11.1 Å². The molecule has 1 aliphatic rings. The van der Waals surface area contributed by atoms with Crippen molar-refractivity contribution in [2.75, 3.05) is 6.61 Å². The van der Waals surface area contributed by atoms with Crippen LogP contribution in [0.4, 0.5) is 0 Å². The van der Waals surface area contributed by atoms with Crippen LogP contribution in [-0.2, 0) is 9.59 Å². The van der Waals surface area contributed by atoms with E-state index in [-0.39, 0.29) is 18.8 Å². The van der Waals surface area contributed by atoms with Gasteiger partial charge in [-0.15, -0.1) is 0 Å². The number of ketones is 1. The summed E-state index contributed by atoms with van der Waals surface area (Å²) in [6, 6.07) is 12.6. The Balaban J connectivity index is 2.02. The minimum Gasteiger partial charge on any atom is -0.396 e. The fourth-order valence-electron chi connectivity index (χ4n) is 3.12. The van der Waals surface area contributed by atoms with Crippen LogP contribution in [0, 0.1) is 0 Å². The van der Waals surface area contributed by atoms with Crippen LogP contribution < -0.4 is 5.32 Å². The number of aliphatic hydroxyl groups excluding tert-OH is 1. The molecule has 2 unspecified atom stereocenters. The van der Waals surface area contributed by atoms with Gasteiger partial charge in [-0.3, -0.25) is 9.59 Å². The van der Waals surface area contributed by atoms with Crippen LogP contribution in [0.5, 0.6) is 0 Å². The van der Waals surface area contributed by atoms with Crippen molar-refractivity contribution in [3.8, 4) is 11.1 Å². The molecule has 0 aromatic heterocycles. The standard InChI is InChI=1S/C19H17Cl2NO3/c1-19(8-9-23)17(24)16(18(25)22-19)14-10-12(4-7-15(14)21)11-2-5-13(20)6-3-11/h2-7,10,16,23H,8-9H2,1H3,(H,22,25). The normalized spacial score (nSPS) is 23.0. The van der Waals surface area contributed by atoms with E-state index in [0.29, 0.717) is 15.6 Å². The molecule has 1 saturated heterocycles. The molecule has 25 heavy (non-hydrogen) atoms. The van der Waals surface area contributed by atoms with E-state index in [1.807, 2.05) is 18.2 Å². The van der Waals surface area contributed by atoms with Crippen molar-refractivity contribution in [2.45, 2.75) is 24.8 Å². The second kappa shape index (κ2) is 6.79. The van der Waals surface area contributed by atoms with Gasteiger partial charge in [0, 0.05) is 23.1 Å². The summed E-state index contributed by atoms with van der Waals surface area (Å²) in [5.41, 5.74) is 1.15. The average Bonchev–Trinajstić information content (AvgIpc) is 2.79. The minimum absolute atomic E-state index is 0.169. The molecule has 6 heteroatoms. The summed E-state index contributed by atoms with van der Waals surface area (Å²) < 4.78 is 0. The van der Waals surface area contributed by atoms with Gasteiger partial charge >= 0.3 is 0 Å². The van der Waals surface area contributed by atoms with Gasteiger partial charge in [0.15, 0.2) is 5.78 Å². The molecule has 130 valence electrons. The Hall–Kier alpha value is -1.88. The first-order chi connectivity index (χ1) is 11.9. The first-order valence-electron chi connectivity index (χ1n) is 7.88. The molecule has 1 heterocycles. The second-order valence-electron chi connectivity index (χ2n) is 6.34. The predicted octanol–water partition coefficient (Wildman–Crippen LogP) is 3.58. The monoisotopic (exact) mass is 377 g/mol. The van der Waals surface area contributed by atoms with Crippen molar-refractivity contribution in [3.05, 3.63) is 58.1 Å². The maximum atomic E-state index is 12.8. The van der Waals surface area contributed by atoms with Crippen LogP contribution >= 0.6 is 23.2 Å². The highest BCUT2D eigenvalue weighted by atomic mass is 35.5. The topological polar surface area (TPSA) is 66.4 Å². The molecule has 3 rings (SSSR count). The Kier molecular flexibility index (Phi) is 4.87.